The molecule has 0 saturated heterocycles. The second-order valence-electron chi connectivity index (χ2n) is 2.47. The first kappa shape index (κ1) is 7.53. The van der Waals surface area contributed by atoms with Crippen LogP contribution in [0.5, 0.6) is 0 Å². The zero-order chi connectivity index (χ0) is 9.42. The van der Waals surface area contributed by atoms with E-state index in [2.05, 4.69) is 10.1 Å². The van der Waals surface area contributed by atoms with Gasteiger partial charge in [-0.15, -0.1) is 0 Å². The van der Waals surface area contributed by atoms with E-state index in [1.54, 1.807) is 0 Å². The maximum atomic E-state index is 11.1. The fourth-order valence-electron chi connectivity index (χ4n) is 1.04. The van der Waals surface area contributed by atoms with E-state index in [9.17, 15) is 9.59 Å². The predicted octanol–water partition coefficient (Wildman–Crippen LogP) is -0.279. The minimum atomic E-state index is -1.24. The van der Waals surface area contributed by atoms with Crippen LogP contribution in [-0.2, 0) is 0 Å². The second kappa shape index (κ2) is 2.44. The minimum absolute atomic E-state index is 0.276. The Morgan fingerprint density at radius 2 is 2.38 bits per heavy atom. The van der Waals surface area contributed by atoms with Crippen LogP contribution in [-0.4, -0.2) is 25.7 Å². The van der Waals surface area contributed by atoms with Gasteiger partial charge >= 0.3 is 5.97 Å². The van der Waals surface area contributed by atoms with Crippen molar-refractivity contribution in [2.24, 2.45) is 0 Å². The molecular formula is C7H5N3O3. The number of pyridine rings is 1. The summed E-state index contributed by atoms with van der Waals surface area (Å²) in [6.07, 6.45) is 2.58. The second-order valence-corrected chi connectivity index (χ2v) is 2.47. The van der Waals surface area contributed by atoms with Gasteiger partial charge in [0.1, 0.15) is 11.9 Å². The van der Waals surface area contributed by atoms with E-state index in [0.29, 0.717) is 5.65 Å². The monoisotopic (exact) mass is 179 g/mol. The molecule has 2 rings (SSSR count). The van der Waals surface area contributed by atoms with Crippen molar-refractivity contribution in [3.05, 3.63) is 34.4 Å². The fourth-order valence-corrected chi connectivity index (χ4v) is 1.04. The van der Waals surface area contributed by atoms with Gasteiger partial charge in [0.15, 0.2) is 11.1 Å². The maximum absolute atomic E-state index is 11.1. The van der Waals surface area contributed by atoms with Crippen molar-refractivity contribution < 1.29 is 9.90 Å². The molecule has 2 aromatic heterocycles. The molecule has 2 heterocycles. The van der Waals surface area contributed by atoms with Gasteiger partial charge in [0.05, 0.1) is 0 Å². The molecule has 2 aromatic rings. The molecule has 0 unspecified atom stereocenters. The van der Waals surface area contributed by atoms with Gasteiger partial charge in [-0.05, 0) is 0 Å². The van der Waals surface area contributed by atoms with E-state index < -0.39 is 11.4 Å². The Balaban J connectivity index is 2.84. The van der Waals surface area contributed by atoms with E-state index >= 15 is 0 Å². The van der Waals surface area contributed by atoms with E-state index in [4.69, 9.17) is 5.11 Å². The number of aromatic nitrogens is 3. The van der Waals surface area contributed by atoms with Gasteiger partial charge in [-0.1, -0.05) is 0 Å². The first-order valence-corrected chi connectivity index (χ1v) is 3.47. The van der Waals surface area contributed by atoms with Crippen LogP contribution in [0, 0.1) is 0 Å². The SMILES string of the molecule is O=C(O)c1cn2[nH]cnc2cc1=O. The summed E-state index contributed by atoms with van der Waals surface area (Å²) in [6, 6.07) is 1.17. The molecule has 6 nitrogen and oxygen atoms in total. The van der Waals surface area contributed by atoms with Gasteiger partial charge in [0.2, 0.25) is 0 Å². The molecule has 0 fully saturated rings. The van der Waals surface area contributed by atoms with Gasteiger partial charge in [-0.25, -0.2) is 14.3 Å². The minimum Gasteiger partial charge on any atom is -0.477 e. The number of H-pyrrole nitrogens is 1. The molecule has 2 N–H and O–H groups in total. The first-order valence-electron chi connectivity index (χ1n) is 3.47. The Bertz CT molecular complexity index is 525. The number of nitrogens with zero attached hydrogens (tertiary/aromatic N) is 2. The quantitative estimate of drug-likeness (QED) is 0.630. The fraction of sp³-hybridized carbons (Fsp3) is 0. The summed E-state index contributed by atoms with van der Waals surface area (Å²) in [4.78, 5) is 25.5. The highest BCUT2D eigenvalue weighted by Gasteiger charge is 2.09. The number of fused-ring (bicyclic) bond motifs is 1. The summed E-state index contributed by atoms with van der Waals surface area (Å²) in [6.45, 7) is 0. The summed E-state index contributed by atoms with van der Waals surface area (Å²) >= 11 is 0. The third-order valence-electron chi connectivity index (χ3n) is 1.65. The highest BCUT2D eigenvalue weighted by atomic mass is 16.4. The molecule has 0 aliphatic carbocycles. The normalized spacial score (nSPS) is 10.5. The lowest BCUT2D eigenvalue weighted by Crippen LogP contribution is -2.15. The molecule has 0 spiro atoms. The molecule has 0 amide bonds. The summed E-state index contributed by atoms with van der Waals surface area (Å²) in [5, 5.41) is 11.3. The Morgan fingerprint density at radius 1 is 1.62 bits per heavy atom. The van der Waals surface area contributed by atoms with Crippen molar-refractivity contribution >= 4 is 11.6 Å². The van der Waals surface area contributed by atoms with Crippen LogP contribution in [0.25, 0.3) is 5.65 Å². The van der Waals surface area contributed by atoms with Crippen molar-refractivity contribution in [1.29, 1.82) is 0 Å². The molecular weight excluding hydrogens is 174 g/mol. The molecule has 0 aromatic carbocycles. The smallest absolute Gasteiger partial charge is 0.341 e. The van der Waals surface area contributed by atoms with Gasteiger partial charge in [-0.3, -0.25) is 9.89 Å². The van der Waals surface area contributed by atoms with Crippen LogP contribution >= 0.6 is 0 Å². The van der Waals surface area contributed by atoms with Crippen LogP contribution in [0.3, 0.4) is 0 Å². The summed E-state index contributed by atoms with van der Waals surface area (Å²) in [5.74, 6) is -1.24. The third-order valence-corrected chi connectivity index (χ3v) is 1.65. The Morgan fingerprint density at radius 3 is 3.08 bits per heavy atom. The number of aromatic carboxylic acids is 1. The zero-order valence-corrected chi connectivity index (χ0v) is 6.39. The molecule has 0 saturated carbocycles. The number of carboxylic acids is 1. The van der Waals surface area contributed by atoms with Gasteiger partial charge in [0, 0.05) is 12.3 Å². The largest absolute Gasteiger partial charge is 0.477 e. The van der Waals surface area contributed by atoms with Crippen molar-refractivity contribution in [3.8, 4) is 0 Å². The molecule has 0 atom stereocenters. The number of nitrogens with one attached hydrogen (secondary N) is 1. The van der Waals surface area contributed by atoms with Crippen molar-refractivity contribution in [2.75, 3.05) is 0 Å². The van der Waals surface area contributed by atoms with Gasteiger partial charge in [-0.2, -0.15) is 0 Å². The molecule has 66 valence electrons. The lowest BCUT2D eigenvalue weighted by atomic mass is 10.3. The number of hydrogen-bond donors (Lipinski definition) is 2. The standard InChI is InChI=1S/C7H5N3O3/c11-5-1-6-8-3-9-10(6)2-4(5)7(12)13/h1-3H,(H,8,9)(H,12,13). The molecule has 6 heteroatoms. The van der Waals surface area contributed by atoms with Gasteiger partial charge in [0.25, 0.3) is 0 Å². The van der Waals surface area contributed by atoms with Crippen molar-refractivity contribution in [1.82, 2.24) is 14.6 Å². The Labute approximate surface area is 71.4 Å². The van der Waals surface area contributed by atoms with E-state index in [-0.39, 0.29) is 5.56 Å². The number of carboxylic acid groups (broad SMARTS) is 1. The molecule has 0 aliphatic rings. The van der Waals surface area contributed by atoms with Crippen LogP contribution in [0.1, 0.15) is 10.4 Å². The number of hydrogen-bond acceptors (Lipinski definition) is 3. The Kier molecular flexibility index (Phi) is 1.42. The molecule has 0 aliphatic heterocycles. The van der Waals surface area contributed by atoms with Crippen LogP contribution in [0.15, 0.2) is 23.4 Å². The lowest BCUT2D eigenvalue weighted by Gasteiger charge is -1.94. The predicted molar refractivity (Wildman–Crippen MR) is 42.8 cm³/mol. The number of rotatable bonds is 1. The van der Waals surface area contributed by atoms with Crippen molar-refractivity contribution in [3.63, 3.8) is 0 Å². The average Bonchev–Trinajstić information content (AvgIpc) is 2.48. The van der Waals surface area contributed by atoms with Crippen molar-refractivity contribution in [2.45, 2.75) is 0 Å². The lowest BCUT2D eigenvalue weighted by molar-refractivity contribution is 0.0695. The number of aromatic amines is 1. The molecule has 0 radical (unpaired) electrons. The maximum Gasteiger partial charge on any atom is 0.341 e. The van der Waals surface area contributed by atoms with Crippen LogP contribution < -0.4 is 5.43 Å². The molecule has 13 heavy (non-hydrogen) atoms. The topological polar surface area (TPSA) is 87.5 Å². The Hall–Kier alpha value is -2.11. The third kappa shape index (κ3) is 1.08. The van der Waals surface area contributed by atoms with E-state index in [1.165, 1.54) is 23.1 Å². The van der Waals surface area contributed by atoms with Gasteiger partial charge < -0.3 is 5.11 Å². The molecule has 0 bridgehead atoms. The van der Waals surface area contributed by atoms with Crippen LogP contribution in [0.4, 0.5) is 0 Å². The van der Waals surface area contributed by atoms with E-state index in [1.807, 2.05) is 0 Å². The summed E-state index contributed by atoms with van der Waals surface area (Å²) < 4.78 is 1.37. The first-order chi connectivity index (χ1) is 6.18. The highest BCUT2D eigenvalue weighted by molar-refractivity contribution is 5.87. The number of carbonyl (C=O) groups is 1. The average molecular weight is 179 g/mol. The zero-order valence-electron chi connectivity index (χ0n) is 6.39. The highest BCUT2D eigenvalue weighted by Crippen LogP contribution is 1.96. The summed E-state index contributed by atoms with van der Waals surface area (Å²) in [5.41, 5.74) is -0.420. The van der Waals surface area contributed by atoms with Crippen LogP contribution in [0.2, 0.25) is 0 Å². The van der Waals surface area contributed by atoms with E-state index in [0.717, 1.165) is 0 Å². The summed E-state index contributed by atoms with van der Waals surface area (Å²) in [7, 11) is 0.